The van der Waals surface area contributed by atoms with E-state index in [-0.39, 0.29) is 0 Å². The molecule has 0 saturated heterocycles. The van der Waals surface area contributed by atoms with E-state index in [2.05, 4.69) is 56.9 Å². The van der Waals surface area contributed by atoms with Gasteiger partial charge in [0.15, 0.2) is 0 Å². The van der Waals surface area contributed by atoms with Crippen molar-refractivity contribution >= 4 is 0 Å². The van der Waals surface area contributed by atoms with Gasteiger partial charge in [0.2, 0.25) is 0 Å². The third-order valence-corrected chi connectivity index (χ3v) is 4.82. The summed E-state index contributed by atoms with van der Waals surface area (Å²) in [7, 11) is 0. The summed E-state index contributed by atoms with van der Waals surface area (Å²) in [6, 6.07) is 8.90. The minimum atomic E-state index is 0.852. The molecular weight excluding hydrogens is 288 g/mol. The van der Waals surface area contributed by atoms with Crippen LogP contribution >= 0.6 is 0 Å². The summed E-state index contributed by atoms with van der Waals surface area (Å²) < 4.78 is 0. The predicted molar refractivity (Wildman–Crippen MR) is 108 cm³/mol. The largest absolute Gasteiger partial charge is 0.0979 e. The molecule has 0 N–H and O–H groups in total. The van der Waals surface area contributed by atoms with Gasteiger partial charge < -0.3 is 0 Å². The van der Waals surface area contributed by atoms with Crippen molar-refractivity contribution in [2.24, 2.45) is 5.92 Å². The van der Waals surface area contributed by atoms with Crippen molar-refractivity contribution in [3.05, 3.63) is 35.4 Å². The third kappa shape index (κ3) is 10.5. The highest BCUT2D eigenvalue weighted by atomic mass is 14.1. The van der Waals surface area contributed by atoms with Crippen LogP contribution in [-0.4, -0.2) is 0 Å². The molecular formula is C24H38. The van der Waals surface area contributed by atoms with Gasteiger partial charge in [0.25, 0.3) is 0 Å². The Hall–Kier alpha value is -1.22. The lowest BCUT2D eigenvalue weighted by Gasteiger charge is -2.11. The summed E-state index contributed by atoms with van der Waals surface area (Å²) in [5.74, 6) is 7.39. The van der Waals surface area contributed by atoms with Crippen LogP contribution < -0.4 is 0 Å². The first-order chi connectivity index (χ1) is 11.8. The minimum Gasteiger partial charge on any atom is -0.0979 e. The monoisotopic (exact) mass is 326 g/mol. The lowest BCUT2D eigenvalue weighted by molar-refractivity contribution is 0.456. The molecule has 1 aromatic carbocycles. The summed E-state index contributed by atoms with van der Waals surface area (Å²) in [5.41, 5.74) is 2.62. The van der Waals surface area contributed by atoms with Crippen molar-refractivity contribution in [2.75, 3.05) is 0 Å². The van der Waals surface area contributed by atoms with Crippen LogP contribution in [0, 0.1) is 17.8 Å². The normalized spacial score (nSPS) is 11.8. The second-order valence-electron chi connectivity index (χ2n) is 7.30. The van der Waals surface area contributed by atoms with Crippen LogP contribution in [0.25, 0.3) is 0 Å². The zero-order valence-corrected chi connectivity index (χ0v) is 16.4. The van der Waals surface area contributed by atoms with Gasteiger partial charge in [-0.05, 0) is 42.9 Å². The number of aryl methyl sites for hydroxylation is 1. The van der Waals surface area contributed by atoms with E-state index in [9.17, 15) is 0 Å². The number of rotatable bonds is 12. The van der Waals surface area contributed by atoms with Crippen LogP contribution in [0.4, 0.5) is 0 Å². The molecule has 0 spiro atoms. The number of hydrogen-bond acceptors (Lipinski definition) is 0. The van der Waals surface area contributed by atoms with E-state index in [0.29, 0.717) is 0 Å². The first-order valence-electron chi connectivity index (χ1n) is 10.3. The number of hydrogen-bond donors (Lipinski definition) is 0. The Labute approximate surface area is 151 Å². The van der Waals surface area contributed by atoms with Gasteiger partial charge in [0, 0.05) is 12.0 Å². The van der Waals surface area contributed by atoms with Crippen molar-refractivity contribution in [3.63, 3.8) is 0 Å². The second kappa shape index (κ2) is 14.2. The fourth-order valence-corrected chi connectivity index (χ4v) is 3.02. The van der Waals surface area contributed by atoms with Gasteiger partial charge in [-0.15, -0.1) is 0 Å². The average Bonchev–Trinajstić information content (AvgIpc) is 2.61. The van der Waals surface area contributed by atoms with Crippen LogP contribution in [-0.2, 0) is 6.42 Å². The third-order valence-electron chi connectivity index (χ3n) is 4.82. The quantitative estimate of drug-likeness (QED) is 0.275. The van der Waals surface area contributed by atoms with Crippen LogP contribution in [0.1, 0.15) is 103 Å². The Morgan fingerprint density at radius 3 is 2.17 bits per heavy atom. The summed E-state index contributed by atoms with van der Waals surface area (Å²) in [4.78, 5) is 0. The smallest absolute Gasteiger partial charge is 0.0245 e. The molecule has 134 valence electrons. The van der Waals surface area contributed by atoms with E-state index in [1.165, 1.54) is 76.2 Å². The van der Waals surface area contributed by atoms with Crippen molar-refractivity contribution in [3.8, 4) is 11.8 Å². The van der Waals surface area contributed by atoms with E-state index < -0.39 is 0 Å². The predicted octanol–water partition coefficient (Wildman–Crippen LogP) is 7.55. The second-order valence-corrected chi connectivity index (χ2v) is 7.30. The molecule has 1 unspecified atom stereocenters. The molecule has 0 aliphatic rings. The Kier molecular flexibility index (Phi) is 12.3. The Morgan fingerprint density at radius 1 is 0.792 bits per heavy atom. The molecule has 0 heterocycles. The van der Waals surface area contributed by atoms with E-state index in [1.54, 1.807) is 0 Å². The maximum Gasteiger partial charge on any atom is 0.0245 e. The van der Waals surface area contributed by atoms with Crippen LogP contribution in [0.3, 0.4) is 0 Å². The minimum absolute atomic E-state index is 0.852. The standard InChI is InChI=1S/C24H38/c1-4-6-8-10-11-12-14-22(3)16-17-24-20-18-23(19-21-24)15-13-9-7-5-2/h18-22H,4-12,14,16-17H2,1-3H3. The molecule has 24 heavy (non-hydrogen) atoms. The van der Waals surface area contributed by atoms with Crippen molar-refractivity contribution < 1.29 is 0 Å². The highest BCUT2D eigenvalue weighted by Crippen LogP contribution is 2.17. The first-order valence-corrected chi connectivity index (χ1v) is 10.3. The van der Waals surface area contributed by atoms with Crippen LogP contribution in [0.15, 0.2) is 24.3 Å². The molecule has 1 atom stereocenters. The van der Waals surface area contributed by atoms with Gasteiger partial charge in [0.05, 0.1) is 0 Å². The molecule has 1 rings (SSSR count). The van der Waals surface area contributed by atoms with Crippen LogP contribution in [0.5, 0.6) is 0 Å². The maximum absolute atomic E-state index is 3.27. The van der Waals surface area contributed by atoms with Crippen molar-refractivity contribution in [1.29, 1.82) is 0 Å². The summed E-state index contributed by atoms with van der Waals surface area (Å²) in [5, 5.41) is 0. The molecule has 0 aliphatic carbocycles. The lowest BCUT2D eigenvalue weighted by Crippen LogP contribution is -1.98. The van der Waals surface area contributed by atoms with Gasteiger partial charge in [-0.2, -0.15) is 0 Å². The van der Waals surface area contributed by atoms with E-state index in [4.69, 9.17) is 0 Å². The maximum atomic E-state index is 3.27. The van der Waals surface area contributed by atoms with E-state index in [1.807, 2.05) is 0 Å². The van der Waals surface area contributed by atoms with Gasteiger partial charge in [0.1, 0.15) is 0 Å². The summed E-state index contributed by atoms with van der Waals surface area (Å²) in [6.45, 7) is 6.91. The van der Waals surface area contributed by atoms with Crippen LogP contribution in [0.2, 0.25) is 0 Å². The molecule has 0 amide bonds. The molecule has 0 aromatic heterocycles. The fraction of sp³-hybridized carbons (Fsp3) is 0.667. The lowest BCUT2D eigenvalue weighted by atomic mass is 9.95. The molecule has 0 heteroatoms. The SMILES string of the molecule is CCCCC#Cc1ccc(CCC(C)CCCCCCCC)cc1. The van der Waals surface area contributed by atoms with Gasteiger partial charge in [-0.3, -0.25) is 0 Å². The van der Waals surface area contributed by atoms with E-state index >= 15 is 0 Å². The zero-order chi connectivity index (χ0) is 17.5. The van der Waals surface area contributed by atoms with Gasteiger partial charge >= 0.3 is 0 Å². The molecule has 0 nitrogen and oxygen atoms in total. The zero-order valence-electron chi connectivity index (χ0n) is 16.4. The Bertz CT molecular complexity index is 457. The topological polar surface area (TPSA) is 0 Å². The highest BCUT2D eigenvalue weighted by Gasteiger charge is 2.03. The van der Waals surface area contributed by atoms with Gasteiger partial charge in [-0.25, -0.2) is 0 Å². The summed E-state index contributed by atoms with van der Waals surface area (Å²) in [6.07, 6.45) is 15.8. The molecule has 0 bridgehead atoms. The number of benzene rings is 1. The van der Waals surface area contributed by atoms with E-state index in [0.717, 1.165) is 17.9 Å². The number of unbranched alkanes of at least 4 members (excludes halogenated alkanes) is 7. The molecule has 0 fully saturated rings. The van der Waals surface area contributed by atoms with Crippen molar-refractivity contribution in [2.45, 2.75) is 97.8 Å². The average molecular weight is 327 g/mol. The Balaban J connectivity index is 2.18. The van der Waals surface area contributed by atoms with Gasteiger partial charge in [-0.1, -0.05) is 96.1 Å². The summed E-state index contributed by atoms with van der Waals surface area (Å²) >= 11 is 0. The molecule has 1 aromatic rings. The Morgan fingerprint density at radius 2 is 1.46 bits per heavy atom. The molecule has 0 saturated carbocycles. The molecule has 0 aliphatic heterocycles. The fourth-order valence-electron chi connectivity index (χ4n) is 3.02. The molecule has 0 radical (unpaired) electrons. The van der Waals surface area contributed by atoms with Crippen molar-refractivity contribution in [1.82, 2.24) is 0 Å². The first kappa shape index (κ1) is 20.8. The highest BCUT2D eigenvalue weighted by molar-refractivity contribution is 5.36.